The zero-order chi connectivity index (χ0) is 11.1. The van der Waals surface area contributed by atoms with Gasteiger partial charge in [-0.1, -0.05) is 13.3 Å². The van der Waals surface area contributed by atoms with Crippen LogP contribution in [-0.4, -0.2) is 24.7 Å². The first-order valence-corrected chi connectivity index (χ1v) is 5.92. The maximum absolute atomic E-state index is 5.18. The lowest BCUT2D eigenvalue weighted by atomic mass is 10.2. The van der Waals surface area contributed by atoms with Gasteiger partial charge in [-0.3, -0.25) is 4.98 Å². The average molecular weight is 273 g/mol. The van der Waals surface area contributed by atoms with E-state index in [2.05, 4.69) is 33.2 Å². The Morgan fingerprint density at radius 3 is 3.00 bits per heavy atom. The summed E-state index contributed by atoms with van der Waals surface area (Å²) >= 11 is 3.46. The van der Waals surface area contributed by atoms with Crippen LogP contribution in [0.5, 0.6) is 0 Å². The molecule has 3 nitrogen and oxygen atoms in total. The van der Waals surface area contributed by atoms with Gasteiger partial charge in [0.1, 0.15) is 0 Å². The van der Waals surface area contributed by atoms with Crippen molar-refractivity contribution in [1.82, 2.24) is 4.98 Å². The quantitative estimate of drug-likeness (QED) is 0.864. The van der Waals surface area contributed by atoms with Crippen LogP contribution in [0.3, 0.4) is 0 Å². The molecule has 0 aliphatic rings. The molecule has 1 atom stereocenters. The summed E-state index contributed by atoms with van der Waals surface area (Å²) in [5.41, 5.74) is 1.07. The summed E-state index contributed by atoms with van der Waals surface area (Å²) in [6.07, 6.45) is 5.81. The Labute approximate surface area is 99.4 Å². The Morgan fingerprint density at radius 1 is 1.60 bits per heavy atom. The minimum Gasteiger partial charge on any atom is -0.383 e. The maximum atomic E-state index is 5.18. The van der Waals surface area contributed by atoms with Crippen molar-refractivity contribution >= 4 is 21.6 Å². The van der Waals surface area contributed by atoms with Crippen LogP contribution in [0.15, 0.2) is 22.9 Å². The van der Waals surface area contributed by atoms with Gasteiger partial charge in [-0.05, 0) is 28.4 Å². The van der Waals surface area contributed by atoms with E-state index in [-0.39, 0.29) is 0 Å². The zero-order valence-corrected chi connectivity index (χ0v) is 10.8. The van der Waals surface area contributed by atoms with Crippen LogP contribution in [0.2, 0.25) is 0 Å². The number of hydrogen-bond acceptors (Lipinski definition) is 3. The van der Waals surface area contributed by atoms with Gasteiger partial charge in [-0.2, -0.15) is 0 Å². The van der Waals surface area contributed by atoms with E-state index in [4.69, 9.17) is 4.74 Å². The molecular formula is C11H17BrN2O. The van der Waals surface area contributed by atoms with E-state index >= 15 is 0 Å². The van der Waals surface area contributed by atoms with E-state index in [1.807, 2.05) is 6.07 Å². The van der Waals surface area contributed by atoms with Crippen LogP contribution in [0.4, 0.5) is 5.69 Å². The van der Waals surface area contributed by atoms with Gasteiger partial charge in [0.15, 0.2) is 0 Å². The lowest BCUT2D eigenvalue weighted by Crippen LogP contribution is -2.24. The highest BCUT2D eigenvalue weighted by atomic mass is 79.9. The molecule has 4 heteroatoms. The number of methoxy groups -OCH3 is 1. The Kier molecular flexibility index (Phi) is 5.65. The second-order valence-electron chi connectivity index (χ2n) is 3.44. The van der Waals surface area contributed by atoms with Crippen molar-refractivity contribution in [3.05, 3.63) is 22.9 Å². The van der Waals surface area contributed by atoms with Crippen molar-refractivity contribution in [2.45, 2.75) is 25.8 Å². The molecule has 0 aromatic carbocycles. The Hall–Kier alpha value is -0.610. The standard InChI is InChI=1S/C11H17BrN2O/c1-3-4-9(8-15-2)14-11-5-6-13-7-10(11)12/h5-7,9H,3-4,8H2,1-2H3,(H,13,14). The summed E-state index contributed by atoms with van der Waals surface area (Å²) in [6.45, 7) is 2.90. The molecule has 1 rings (SSSR count). The third-order valence-corrected chi connectivity index (χ3v) is 2.77. The molecule has 0 bridgehead atoms. The number of nitrogens with one attached hydrogen (secondary N) is 1. The van der Waals surface area contributed by atoms with Gasteiger partial charge in [-0.15, -0.1) is 0 Å². The van der Waals surface area contributed by atoms with E-state index in [1.54, 1.807) is 19.5 Å². The fourth-order valence-corrected chi connectivity index (χ4v) is 1.82. The van der Waals surface area contributed by atoms with E-state index in [0.717, 1.165) is 29.6 Å². The summed E-state index contributed by atoms with van der Waals surface area (Å²) in [4.78, 5) is 4.03. The summed E-state index contributed by atoms with van der Waals surface area (Å²) in [5.74, 6) is 0. The molecular weight excluding hydrogens is 256 g/mol. The van der Waals surface area contributed by atoms with E-state index in [1.165, 1.54) is 0 Å². The van der Waals surface area contributed by atoms with Crippen LogP contribution in [0, 0.1) is 0 Å². The summed E-state index contributed by atoms with van der Waals surface area (Å²) < 4.78 is 6.16. The summed E-state index contributed by atoms with van der Waals surface area (Å²) in [5, 5.41) is 3.44. The summed E-state index contributed by atoms with van der Waals surface area (Å²) in [6, 6.07) is 2.32. The number of ether oxygens (including phenoxy) is 1. The minimum atomic E-state index is 0.360. The Bertz CT molecular complexity index is 288. The molecule has 0 amide bonds. The first-order chi connectivity index (χ1) is 7.27. The SMILES string of the molecule is CCCC(COC)Nc1ccncc1Br. The second-order valence-corrected chi connectivity index (χ2v) is 4.30. The van der Waals surface area contributed by atoms with Gasteiger partial charge in [0, 0.05) is 25.5 Å². The molecule has 84 valence electrons. The van der Waals surface area contributed by atoms with Gasteiger partial charge in [0.2, 0.25) is 0 Å². The van der Waals surface area contributed by atoms with Gasteiger partial charge in [-0.25, -0.2) is 0 Å². The predicted octanol–water partition coefficient (Wildman–Crippen LogP) is 3.07. The first-order valence-electron chi connectivity index (χ1n) is 5.13. The lowest BCUT2D eigenvalue weighted by molar-refractivity contribution is 0.182. The molecule has 1 aromatic heterocycles. The van der Waals surface area contributed by atoms with Crippen LogP contribution in [0.25, 0.3) is 0 Å². The number of rotatable bonds is 6. The molecule has 1 heterocycles. The van der Waals surface area contributed by atoms with Gasteiger partial charge < -0.3 is 10.1 Å². The summed E-state index contributed by atoms with van der Waals surface area (Å²) in [7, 11) is 1.73. The van der Waals surface area contributed by atoms with E-state index in [9.17, 15) is 0 Å². The van der Waals surface area contributed by atoms with Crippen molar-refractivity contribution in [1.29, 1.82) is 0 Å². The maximum Gasteiger partial charge on any atom is 0.0664 e. The highest BCUT2D eigenvalue weighted by molar-refractivity contribution is 9.10. The number of pyridine rings is 1. The zero-order valence-electron chi connectivity index (χ0n) is 9.16. The minimum absolute atomic E-state index is 0.360. The number of aromatic nitrogens is 1. The molecule has 1 aromatic rings. The fraction of sp³-hybridized carbons (Fsp3) is 0.545. The fourth-order valence-electron chi connectivity index (χ4n) is 1.46. The molecule has 15 heavy (non-hydrogen) atoms. The van der Waals surface area contributed by atoms with Gasteiger partial charge in [0.25, 0.3) is 0 Å². The highest BCUT2D eigenvalue weighted by Crippen LogP contribution is 2.21. The third-order valence-electron chi connectivity index (χ3n) is 2.14. The van der Waals surface area contributed by atoms with Gasteiger partial charge in [0.05, 0.1) is 16.8 Å². The van der Waals surface area contributed by atoms with E-state index < -0.39 is 0 Å². The predicted molar refractivity (Wildman–Crippen MR) is 66.1 cm³/mol. The number of nitrogens with zero attached hydrogens (tertiary/aromatic N) is 1. The van der Waals surface area contributed by atoms with Crippen molar-refractivity contribution in [3.8, 4) is 0 Å². The molecule has 0 spiro atoms. The van der Waals surface area contributed by atoms with Crippen molar-refractivity contribution < 1.29 is 4.74 Å². The second kappa shape index (κ2) is 6.80. The topological polar surface area (TPSA) is 34.1 Å². The smallest absolute Gasteiger partial charge is 0.0664 e. The Balaban J connectivity index is 2.60. The number of hydrogen-bond donors (Lipinski definition) is 1. The largest absolute Gasteiger partial charge is 0.383 e. The highest BCUT2D eigenvalue weighted by Gasteiger charge is 2.08. The molecule has 0 saturated carbocycles. The van der Waals surface area contributed by atoms with Crippen LogP contribution in [0.1, 0.15) is 19.8 Å². The van der Waals surface area contributed by atoms with Crippen LogP contribution in [-0.2, 0) is 4.74 Å². The van der Waals surface area contributed by atoms with Crippen molar-refractivity contribution in [2.75, 3.05) is 19.0 Å². The molecule has 0 fully saturated rings. The Morgan fingerprint density at radius 2 is 2.40 bits per heavy atom. The number of anilines is 1. The third kappa shape index (κ3) is 4.18. The van der Waals surface area contributed by atoms with Crippen LogP contribution >= 0.6 is 15.9 Å². The molecule has 0 saturated heterocycles. The molecule has 0 aliphatic carbocycles. The lowest BCUT2D eigenvalue weighted by Gasteiger charge is -2.19. The monoisotopic (exact) mass is 272 g/mol. The first kappa shape index (κ1) is 12.5. The molecule has 1 unspecified atom stereocenters. The van der Waals surface area contributed by atoms with Crippen molar-refractivity contribution in [2.24, 2.45) is 0 Å². The van der Waals surface area contributed by atoms with Gasteiger partial charge >= 0.3 is 0 Å². The normalized spacial score (nSPS) is 12.5. The number of halogens is 1. The van der Waals surface area contributed by atoms with Crippen molar-refractivity contribution in [3.63, 3.8) is 0 Å². The molecule has 1 N–H and O–H groups in total. The molecule has 0 radical (unpaired) electrons. The molecule has 0 aliphatic heterocycles. The van der Waals surface area contributed by atoms with Crippen LogP contribution < -0.4 is 5.32 Å². The van der Waals surface area contributed by atoms with E-state index in [0.29, 0.717) is 6.04 Å². The average Bonchev–Trinajstić information content (AvgIpc) is 2.22.